The van der Waals surface area contributed by atoms with E-state index in [-0.39, 0.29) is 5.41 Å². The summed E-state index contributed by atoms with van der Waals surface area (Å²) in [6, 6.07) is 0. The average molecular weight is 168 g/mol. The van der Waals surface area contributed by atoms with Crippen LogP contribution in [-0.2, 0) is 0 Å². The molecule has 0 aliphatic rings. The zero-order valence-electron chi connectivity index (χ0n) is 9.36. The van der Waals surface area contributed by atoms with E-state index in [4.69, 9.17) is 0 Å². The van der Waals surface area contributed by atoms with Gasteiger partial charge in [-0.05, 0) is 20.8 Å². The fraction of sp³-hybridized carbons (Fsp3) is 0.818. The van der Waals surface area contributed by atoms with E-state index in [1.165, 1.54) is 0 Å². The van der Waals surface area contributed by atoms with Crippen LogP contribution >= 0.6 is 0 Å². The molecule has 0 atom stereocenters. The largest absolute Gasteiger partial charge is 0.330 e. The van der Waals surface area contributed by atoms with Gasteiger partial charge in [-0.1, -0.05) is 11.8 Å². The van der Waals surface area contributed by atoms with Crippen molar-refractivity contribution in [3.8, 4) is 11.8 Å². The SMILES string of the molecule is CC(C)(C)C#CCC[N+](C)(C)C. The Morgan fingerprint density at radius 1 is 1.08 bits per heavy atom. The lowest BCUT2D eigenvalue weighted by Crippen LogP contribution is -2.35. The van der Waals surface area contributed by atoms with Crippen molar-refractivity contribution in [3.63, 3.8) is 0 Å². The van der Waals surface area contributed by atoms with Crippen LogP contribution in [0.1, 0.15) is 27.2 Å². The van der Waals surface area contributed by atoms with Gasteiger partial charge < -0.3 is 4.48 Å². The molecular weight excluding hydrogens is 146 g/mol. The Morgan fingerprint density at radius 3 is 1.92 bits per heavy atom. The predicted molar refractivity (Wildman–Crippen MR) is 54.7 cm³/mol. The monoisotopic (exact) mass is 168 g/mol. The van der Waals surface area contributed by atoms with Gasteiger partial charge in [-0.15, -0.1) is 0 Å². The van der Waals surface area contributed by atoms with Crippen LogP contribution in [0, 0.1) is 17.3 Å². The van der Waals surface area contributed by atoms with Crippen molar-refractivity contribution in [1.29, 1.82) is 0 Å². The molecule has 0 saturated carbocycles. The predicted octanol–water partition coefficient (Wildman–Crippen LogP) is 2.13. The van der Waals surface area contributed by atoms with Gasteiger partial charge in [0.2, 0.25) is 0 Å². The summed E-state index contributed by atoms with van der Waals surface area (Å²) in [5, 5.41) is 0. The molecule has 0 radical (unpaired) electrons. The Hall–Kier alpha value is -0.480. The van der Waals surface area contributed by atoms with Crippen molar-refractivity contribution < 1.29 is 4.48 Å². The van der Waals surface area contributed by atoms with Crippen molar-refractivity contribution in [3.05, 3.63) is 0 Å². The molecule has 1 nitrogen and oxygen atoms in total. The summed E-state index contributed by atoms with van der Waals surface area (Å²) in [7, 11) is 6.58. The van der Waals surface area contributed by atoms with Gasteiger partial charge in [0, 0.05) is 5.41 Å². The van der Waals surface area contributed by atoms with Crippen molar-refractivity contribution in [2.75, 3.05) is 27.7 Å². The van der Waals surface area contributed by atoms with Crippen LogP contribution in [0.15, 0.2) is 0 Å². The Bertz CT molecular complexity index is 180. The highest BCUT2D eigenvalue weighted by atomic mass is 15.3. The zero-order chi connectivity index (χ0) is 9.83. The van der Waals surface area contributed by atoms with Gasteiger partial charge in [0.1, 0.15) is 0 Å². The quantitative estimate of drug-likeness (QED) is 0.438. The van der Waals surface area contributed by atoms with Crippen LogP contribution in [-0.4, -0.2) is 32.2 Å². The van der Waals surface area contributed by atoms with Crippen LogP contribution in [0.2, 0.25) is 0 Å². The first-order chi connectivity index (χ1) is 5.21. The molecule has 0 aromatic rings. The van der Waals surface area contributed by atoms with E-state index in [1.807, 2.05) is 0 Å². The van der Waals surface area contributed by atoms with E-state index in [9.17, 15) is 0 Å². The van der Waals surface area contributed by atoms with E-state index >= 15 is 0 Å². The molecule has 0 rings (SSSR count). The molecule has 0 amide bonds. The fourth-order valence-corrected chi connectivity index (χ4v) is 0.719. The van der Waals surface area contributed by atoms with Gasteiger partial charge in [0.15, 0.2) is 0 Å². The van der Waals surface area contributed by atoms with Gasteiger partial charge in [0.05, 0.1) is 34.1 Å². The minimum atomic E-state index is 0.158. The lowest BCUT2D eigenvalue weighted by molar-refractivity contribution is -0.869. The summed E-state index contributed by atoms with van der Waals surface area (Å²) >= 11 is 0. The molecule has 0 aliphatic heterocycles. The summed E-state index contributed by atoms with van der Waals surface area (Å²) in [5.74, 6) is 6.45. The topological polar surface area (TPSA) is 0 Å². The van der Waals surface area contributed by atoms with Crippen molar-refractivity contribution in [2.45, 2.75) is 27.2 Å². The van der Waals surface area contributed by atoms with E-state index in [0.29, 0.717) is 0 Å². The number of nitrogens with zero attached hydrogens (tertiary/aromatic N) is 1. The molecule has 0 fully saturated rings. The van der Waals surface area contributed by atoms with Crippen LogP contribution in [0.25, 0.3) is 0 Å². The second-order valence-corrected chi connectivity index (χ2v) is 5.32. The Morgan fingerprint density at radius 2 is 1.58 bits per heavy atom. The third kappa shape index (κ3) is 9.52. The van der Waals surface area contributed by atoms with Crippen molar-refractivity contribution in [1.82, 2.24) is 0 Å². The summed E-state index contributed by atoms with van der Waals surface area (Å²) in [6.07, 6.45) is 1.00. The fourth-order valence-electron chi connectivity index (χ4n) is 0.719. The molecule has 0 aromatic heterocycles. The van der Waals surface area contributed by atoms with Gasteiger partial charge in [-0.2, -0.15) is 0 Å². The maximum atomic E-state index is 3.23. The van der Waals surface area contributed by atoms with E-state index in [0.717, 1.165) is 17.4 Å². The van der Waals surface area contributed by atoms with Gasteiger partial charge in [-0.3, -0.25) is 0 Å². The van der Waals surface area contributed by atoms with Crippen molar-refractivity contribution in [2.24, 2.45) is 5.41 Å². The zero-order valence-corrected chi connectivity index (χ0v) is 9.36. The Balaban J connectivity index is 3.75. The molecule has 0 N–H and O–H groups in total. The maximum Gasteiger partial charge on any atom is 0.0891 e. The highest BCUT2D eigenvalue weighted by molar-refractivity contribution is 5.06. The summed E-state index contributed by atoms with van der Waals surface area (Å²) in [5.41, 5.74) is 0.158. The van der Waals surface area contributed by atoms with Crippen LogP contribution in [0.3, 0.4) is 0 Å². The highest BCUT2D eigenvalue weighted by Gasteiger charge is 2.05. The molecule has 0 heterocycles. The van der Waals surface area contributed by atoms with E-state index in [1.54, 1.807) is 0 Å². The summed E-state index contributed by atoms with van der Waals surface area (Å²) in [4.78, 5) is 0. The third-order valence-corrected chi connectivity index (χ3v) is 1.37. The van der Waals surface area contributed by atoms with E-state index in [2.05, 4.69) is 53.8 Å². The lowest BCUT2D eigenvalue weighted by Gasteiger charge is -2.22. The van der Waals surface area contributed by atoms with Crippen molar-refractivity contribution >= 4 is 0 Å². The highest BCUT2D eigenvalue weighted by Crippen LogP contribution is 2.09. The molecular formula is C11H22N+. The number of rotatable bonds is 2. The third-order valence-electron chi connectivity index (χ3n) is 1.37. The minimum Gasteiger partial charge on any atom is -0.330 e. The molecule has 0 spiro atoms. The lowest BCUT2D eigenvalue weighted by atomic mass is 9.98. The minimum absolute atomic E-state index is 0.158. The Kier molecular flexibility index (Phi) is 3.80. The molecule has 0 saturated heterocycles. The molecule has 1 heteroatoms. The summed E-state index contributed by atoms with van der Waals surface area (Å²) in [6.45, 7) is 7.56. The maximum absolute atomic E-state index is 3.23. The second-order valence-electron chi connectivity index (χ2n) is 5.32. The number of hydrogen-bond donors (Lipinski definition) is 0. The van der Waals surface area contributed by atoms with Gasteiger partial charge in [-0.25, -0.2) is 0 Å². The first kappa shape index (κ1) is 11.5. The van der Waals surface area contributed by atoms with Gasteiger partial charge in [0.25, 0.3) is 0 Å². The van der Waals surface area contributed by atoms with E-state index < -0.39 is 0 Å². The van der Waals surface area contributed by atoms with Crippen LogP contribution in [0.5, 0.6) is 0 Å². The molecule has 0 bridgehead atoms. The first-order valence-electron chi connectivity index (χ1n) is 4.51. The smallest absolute Gasteiger partial charge is 0.0891 e. The number of quaternary nitrogens is 1. The molecule has 0 unspecified atom stereocenters. The number of hydrogen-bond acceptors (Lipinski definition) is 0. The molecule has 70 valence electrons. The molecule has 12 heavy (non-hydrogen) atoms. The molecule has 0 aliphatic carbocycles. The van der Waals surface area contributed by atoms with Crippen LogP contribution in [0.4, 0.5) is 0 Å². The van der Waals surface area contributed by atoms with Crippen LogP contribution < -0.4 is 0 Å². The second kappa shape index (κ2) is 3.96. The first-order valence-corrected chi connectivity index (χ1v) is 4.51. The average Bonchev–Trinajstić information content (AvgIpc) is 1.76. The normalized spacial score (nSPS) is 12.2. The standard InChI is InChI=1S/C11H22N/c1-11(2,3)9-7-8-10-12(4,5)6/h8,10H2,1-6H3/q+1. The Labute approximate surface area is 77.4 Å². The summed E-state index contributed by atoms with van der Waals surface area (Å²) < 4.78 is 0.999. The van der Waals surface area contributed by atoms with Gasteiger partial charge >= 0.3 is 0 Å². The molecule has 0 aromatic carbocycles.